The minimum atomic E-state index is -4.92. The summed E-state index contributed by atoms with van der Waals surface area (Å²) >= 11 is 0. The molecule has 3 rings (SSSR count). The Labute approximate surface area is 130 Å². The van der Waals surface area contributed by atoms with Crippen molar-refractivity contribution in [3.63, 3.8) is 0 Å². The Morgan fingerprint density at radius 2 is 1.48 bits per heavy atom. The topological polar surface area (TPSA) is 29.1 Å². The first-order valence-electron chi connectivity index (χ1n) is 6.91. The molecule has 116 valence electrons. The fraction of sp³-hybridized carbons (Fsp3) is 0.0556. The average Bonchev–Trinajstić information content (AvgIpc) is 2.54. The molecule has 0 saturated heterocycles. The Bertz CT molecular complexity index is 871. The van der Waals surface area contributed by atoms with Crippen molar-refractivity contribution in [1.82, 2.24) is 0 Å². The van der Waals surface area contributed by atoms with Crippen LogP contribution in [0.3, 0.4) is 0 Å². The van der Waals surface area contributed by atoms with E-state index in [0.717, 1.165) is 16.3 Å². The molecule has 5 heteroatoms. The quantitative estimate of drug-likeness (QED) is 0.708. The number of benzene rings is 3. The molecule has 0 radical (unpaired) electrons. The third-order valence-corrected chi connectivity index (χ3v) is 3.49. The second-order valence-corrected chi connectivity index (χ2v) is 5.06. The normalized spacial score (nSPS) is 11.4. The molecule has 0 aliphatic carbocycles. The van der Waals surface area contributed by atoms with Crippen molar-refractivity contribution in [2.24, 2.45) is 0 Å². The monoisotopic (exact) mass is 315 g/mol. The summed E-state index contributed by atoms with van der Waals surface area (Å²) in [7, 11) is 0. The van der Waals surface area contributed by atoms with E-state index in [4.69, 9.17) is 0 Å². The van der Waals surface area contributed by atoms with Crippen molar-refractivity contribution < 1.29 is 18.0 Å². The Kier molecular flexibility index (Phi) is 3.78. The third-order valence-electron chi connectivity index (χ3n) is 3.49. The van der Waals surface area contributed by atoms with Crippen LogP contribution in [-0.2, 0) is 4.79 Å². The second kappa shape index (κ2) is 5.76. The maximum Gasteiger partial charge on any atom is 0.471 e. The van der Waals surface area contributed by atoms with Crippen LogP contribution < -0.4 is 5.32 Å². The standard InChI is InChI=1S/C18H12F3NO/c19-18(20,21)17(23)22-16-8-4-3-7-15(16)14-10-9-12-5-1-2-6-13(12)11-14/h1-11H,(H,22,23). The summed E-state index contributed by atoms with van der Waals surface area (Å²) in [5, 5.41) is 3.94. The number of rotatable bonds is 2. The summed E-state index contributed by atoms with van der Waals surface area (Å²) in [5.41, 5.74) is 1.41. The lowest BCUT2D eigenvalue weighted by Gasteiger charge is -2.13. The van der Waals surface area contributed by atoms with Gasteiger partial charge in [0, 0.05) is 11.3 Å². The molecule has 0 unspecified atom stereocenters. The number of fused-ring (bicyclic) bond motifs is 1. The van der Waals surface area contributed by atoms with E-state index >= 15 is 0 Å². The second-order valence-electron chi connectivity index (χ2n) is 5.06. The SMILES string of the molecule is O=C(Nc1ccccc1-c1ccc2ccccc2c1)C(F)(F)F. The van der Waals surface area contributed by atoms with Gasteiger partial charge in [0.15, 0.2) is 0 Å². The lowest BCUT2D eigenvalue weighted by atomic mass is 10.00. The number of nitrogens with one attached hydrogen (secondary N) is 1. The summed E-state index contributed by atoms with van der Waals surface area (Å²) in [6.45, 7) is 0. The van der Waals surface area contributed by atoms with Gasteiger partial charge in [-0.3, -0.25) is 4.79 Å². The average molecular weight is 315 g/mol. The number of hydrogen-bond acceptors (Lipinski definition) is 1. The van der Waals surface area contributed by atoms with Crippen LogP contribution in [0.5, 0.6) is 0 Å². The van der Waals surface area contributed by atoms with Crippen molar-refractivity contribution in [3.8, 4) is 11.1 Å². The van der Waals surface area contributed by atoms with E-state index in [0.29, 0.717) is 5.56 Å². The molecule has 0 spiro atoms. The first-order chi connectivity index (χ1) is 10.9. The van der Waals surface area contributed by atoms with Crippen LogP contribution in [0.4, 0.5) is 18.9 Å². The van der Waals surface area contributed by atoms with Gasteiger partial charge in [0.1, 0.15) is 0 Å². The summed E-state index contributed by atoms with van der Waals surface area (Å²) in [5.74, 6) is -1.98. The van der Waals surface area contributed by atoms with E-state index < -0.39 is 12.1 Å². The number of amides is 1. The number of anilines is 1. The number of para-hydroxylation sites is 1. The molecule has 0 aliphatic heterocycles. The van der Waals surface area contributed by atoms with Crippen molar-refractivity contribution in [2.45, 2.75) is 6.18 Å². The number of halogens is 3. The molecular formula is C18H12F3NO. The number of alkyl halides is 3. The lowest BCUT2D eigenvalue weighted by Crippen LogP contribution is -2.30. The zero-order valence-electron chi connectivity index (χ0n) is 11.9. The van der Waals surface area contributed by atoms with E-state index in [9.17, 15) is 18.0 Å². The van der Waals surface area contributed by atoms with Crippen molar-refractivity contribution >= 4 is 22.4 Å². The van der Waals surface area contributed by atoms with E-state index in [1.54, 1.807) is 18.2 Å². The number of hydrogen-bond donors (Lipinski definition) is 1. The summed E-state index contributed by atoms with van der Waals surface area (Å²) in [4.78, 5) is 11.2. The van der Waals surface area contributed by atoms with E-state index in [1.807, 2.05) is 47.8 Å². The first-order valence-corrected chi connectivity index (χ1v) is 6.91. The zero-order valence-corrected chi connectivity index (χ0v) is 11.9. The molecule has 0 aromatic heterocycles. The molecule has 0 atom stereocenters. The maximum atomic E-state index is 12.5. The van der Waals surface area contributed by atoms with Gasteiger partial charge in [0.2, 0.25) is 0 Å². The molecule has 0 fully saturated rings. The van der Waals surface area contributed by atoms with Gasteiger partial charge >= 0.3 is 12.1 Å². The minimum absolute atomic E-state index is 0.130. The van der Waals surface area contributed by atoms with E-state index in [1.165, 1.54) is 6.07 Å². The van der Waals surface area contributed by atoms with Crippen LogP contribution in [0.2, 0.25) is 0 Å². The molecule has 0 saturated carbocycles. The molecular weight excluding hydrogens is 303 g/mol. The predicted molar refractivity (Wildman–Crippen MR) is 84.1 cm³/mol. The smallest absolute Gasteiger partial charge is 0.318 e. The van der Waals surface area contributed by atoms with Gasteiger partial charge in [-0.25, -0.2) is 0 Å². The van der Waals surface area contributed by atoms with Crippen LogP contribution in [0, 0.1) is 0 Å². The van der Waals surface area contributed by atoms with Crippen molar-refractivity contribution in [2.75, 3.05) is 5.32 Å². The van der Waals surface area contributed by atoms with Gasteiger partial charge in [-0.15, -0.1) is 0 Å². The summed E-state index contributed by atoms with van der Waals surface area (Å²) < 4.78 is 37.4. The fourth-order valence-electron chi connectivity index (χ4n) is 2.39. The van der Waals surface area contributed by atoms with Crippen molar-refractivity contribution in [1.29, 1.82) is 0 Å². The largest absolute Gasteiger partial charge is 0.471 e. The number of carbonyl (C=O) groups is 1. The highest BCUT2D eigenvalue weighted by Gasteiger charge is 2.38. The van der Waals surface area contributed by atoms with Gasteiger partial charge < -0.3 is 5.32 Å². The van der Waals surface area contributed by atoms with E-state index in [2.05, 4.69) is 0 Å². The first kappa shape index (κ1) is 15.1. The fourth-order valence-corrected chi connectivity index (χ4v) is 2.39. The van der Waals surface area contributed by atoms with Gasteiger partial charge in [0.25, 0.3) is 0 Å². The number of carbonyl (C=O) groups excluding carboxylic acids is 1. The van der Waals surface area contributed by atoms with Crippen LogP contribution in [-0.4, -0.2) is 12.1 Å². The minimum Gasteiger partial charge on any atom is -0.318 e. The molecule has 3 aromatic carbocycles. The highest BCUT2D eigenvalue weighted by molar-refractivity contribution is 5.99. The molecule has 2 nitrogen and oxygen atoms in total. The third kappa shape index (κ3) is 3.18. The molecule has 0 bridgehead atoms. The zero-order chi connectivity index (χ0) is 16.4. The lowest BCUT2D eigenvalue weighted by molar-refractivity contribution is -0.167. The molecule has 0 heterocycles. The van der Waals surface area contributed by atoms with Crippen molar-refractivity contribution in [3.05, 3.63) is 66.7 Å². The Morgan fingerprint density at radius 3 is 2.22 bits per heavy atom. The Hall–Kier alpha value is -2.82. The van der Waals surface area contributed by atoms with E-state index in [-0.39, 0.29) is 5.69 Å². The van der Waals surface area contributed by atoms with Gasteiger partial charge in [0.05, 0.1) is 0 Å². The molecule has 1 N–H and O–H groups in total. The molecule has 3 aromatic rings. The van der Waals surface area contributed by atoms with Gasteiger partial charge in [-0.1, -0.05) is 54.6 Å². The maximum absolute atomic E-state index is 12.5. The van der Waals surface area contributed by atoms with Crippen LogP contribution >= 0.6 is 0 Å². The Balaban J connectivity index is 2.03. The Morgan fingerprint density at radius 1 is 0.826 bits per heavy atom. The van der Waals surface area contributed by atoms with Gasteiger partial charge in [-0.2, -0.15) is 13.2 Å². The predicted octanol–water partition coefficient (Wildman–Crippen LogP) is 5.01. The summed E-state index contributed by atoms with van der Waals surface area (Å²) in [6.07, 6.45) is -4.92. The van der Waals surface area contributed by atoms with Crippen LogP contribution in [0.1, 0.15) is 0 Å². The highest BCUT2D eigenvalue weighted by Crippen LogP contribution is 2.31. The van der Waals surface area contributed by atoms with Gasteiger partial charge in [-0.05, 0) is 28.5 Å². The van der Waals surface area contributed by atoms with Crippen LogP contribution in [0.15, 0.2) is 66.7 Å². The van der Waals surface area contributed by atoms with Crippen LogP contribution in [0.25, 0.3) is 21.9 Å². The molecule has 0 aliphatic rings. The molecule has 1 amide bonds. The highest BCUT2D eigenvalue weighted by atomic mass is 19.4. The molecule has 23 heavy (non-hydrogen) atoms. The summed E-state index contributed by atoms with van der Waals surface area (Å²) in [6, 6.07) is 19.7.